The van der Waals surface area contributed by atoms with Crippen molar-refractivity contribution in [3.63, 3.8) is 0 Å². The zero-order valence-electron chi connectivity index (χ0n) is 22.3. The molecule has 0 aliphatic carbocycles. The van der Waals surface area contributed by atoms with Gasteiger partial charge in [0.15, 0.2) is 11.5 Å². The van der Waals surface area contributed by atoms with Crippen LogP contribution in [0.1, 0.15) is 34.0 Å². The molecule has 0 bridgehead atoms. The first-order chi connectivity index (χ1) is 19.3. The number of anilines is 1. The highest BCUT2D eigenvalue weighted by Gasteiger charge is 2.16. The minimum absolute atomic E-state index is 0.108. The predicted molar refractivity (Wildman–Crippen MR) is 158 cm³/mol. The Bertz CT molecular complexity index is 1640. The van der Waals surface area contributed by atoms with E-state index in [0.29, 0.717) is 39.4 Å². The number of carbonyl (C=O) groups is 2. The van der Waals surface area contributed by atoms with Crippen LogP contribution in [0.25, 0.3) is 16.8 Å². The minimum Gasteiger partial charge on any atom is -0.493 e. The molecule has 0 saturated heterocycles. The maximum absolute atomic E-state index is 12.8. The van der Waals surface area contributed by atoms with Gasteiger partial charge >= 0.3 is 5.97 Å². The molecular formula is C32H27BrN2O5. The molecule has 0 aromatic heterocycles. The van der Waals surface area contributed by atoms with Crippen LogP contribution in [0, 0.1) is 18.3 Å². The second kappa shape index (κ2) is 13.0. The Morgan fingerprint density at radius 2 is 1.80 bits per heavy atom. The van der Waals surface area contributed by atoms with Gasteiger partial charge in [0, 0.05) is 11.3 Å². The maximum atomic E-state index is 12.8. The molecule has 0 atom stereocenters. The van der Waals surface area contributed by atoms with E-state index in [4.69, 9.17) is 14.2 Å². The Morgan fingerprint density at radius 3 is 2.50 bits per heavy atom. The largest absolute Gasteiger partial charge is 0.493 e. The van der Waals surface area contributed by atoms with Gasteiger partial charge in [0.25, 0.3) is 5.91 Å². The smallest absolute Gasteiger partial charge is 0.338 e. The van der Waals surface area contributed by atoms with Crippen molar-refractivity contribution in [3.05, 3.63) is 105 Å². The third-order valence-electron chi connectivity index (χ3n) is 6.22. The van der Waals surface area contributed by atoms with Crippen molar-refractivity contribution in [2.75, 3.05) is 19.0 Å². The molecule has 0 fully saturated rings. The number of aryl methyl sites for hydroxylation is 1. The molecule has 0 unspecified atom stereocenters. The Hall–Kier alpha value is -4.61. The van der Waals surface area contributed by atoms with E-state index in [1.807, 2.05) is 18.2 Å². The molecule has 0 aliphatic heterocycles. The number of nitriles is 1. The summed E-state index contributed by atoms with van der Waals surface area (Å²) < 4.78 is 17.4. The molecule has 4 aromatic carbocycles. The average molecular weight is 599 g/mol. The van der Waals surface area contributed by atoms with Crippen molar-refractivity contribution in [1.29, 1.82) is 5.26 Å². The standard InChI is InChI=1S/C32H27BrN2O5/c1-4-39-32(37)23-11-13-25(14-12-23)35-31(36)24(18-34)15-21-16-28(33)30(29(17-21)38-3)40-19-27-20(2)9-10-22-7-5-6-8-26(22)27/h5-17H,4,19H2,1-3H3,(H,35,36)/b24-15+. The van der Waals surface area contributed by atoms with E-state index in [2.05, 4.69) is 52.4 Å². The number of nitrogens with one attached hydrogen (secondary N) is 1. The minimum atomic E-state index is -0.590. The quantitative estimate of drug-likeness (QED) is 0.124. The number of hydrogen-bond donors (Lipinski definition) is 1. The number of carbonyl (C=O) groups excluding carboxylic acids is 2. The number of esters is 1. The molecule has 0 spiro atoms. The van der Waals surface area contributed by atoms with E-state index >= 15 is 0 Å². The summed E-state index contributed by atoms with van der Waals surface area (Å²) >= 11 is 3.56. The van der Waals surface area contributed by atoms with Crippen LogP contribution in [0.15, 0.2) is 82.8 Å². The van der Waals surface area contributed by atoms with Crippen molar-refractivity contribution in [1.82, 2.24) is 0 Å². The zero-order valence-corrected chi connectivity index (χ0v) is 23.9. The van der Waals surface area contributed by atoms with Crippen molar-refractivity contribution < 1.29 is 23.8 Å². The summed E-state index contributed by atoms with van der Waals surface area (Å²) in [6.45, 7) is 4.38. The number of methoxy groups -OCH3 is 1. The molecule has 4 aromatic rings. The van der Waals surface area contributed by atoms with E-state index in [1.165, 1.54) is 13.2 Å². The van der Waals surface area contributed by atoms with Crippen LogP contribution < -0.4 is 14.8 Å². The van der Waals surface area contributed by atoms with Crippen molar-refractivity contribution in [2.45, 2.75) is 20.5 Å². The number of benzene rings is 4. The number of hydrogen-bond acceptors (Lipinski definition) is 6. The molecular weight excluding hydrogens is 572 g/mol. The van der Waals surface area contributed by atoms with Crippen LogP contribution in [0.2, 0.25) is 0 Å². The van der Waals surface area contributed by atoms with Crippen LogP contribution in [0.5, 0.6) is 11.5 Å². The lowest BCUT2D eigenvalue weighted by Gasteiger charge is -2.16. The van der Waals surface area contributed by atoms with Gasteiger partial charge in [-0.15, -0.1) is 0 Å². The Kier molecular flexibility index (Phi) is 9.20. The van der Waals surface area contributed by atoms with Gasteiger partial charge in [0.2, 0.25) is 0 Å². The Balaban J connectivity index is 1.53. The maximum Gasteiger partial charge on any atom is 0.338 e. The van der Waals surface area contributed by atoms with E-state index in [1.54, 1.807) is 43.3 Å². The lowest BCUT2D eigenvalue weighted by molar-refractivity contribution is -0.112. The summed E-state index contributed by atoms with van der Waals surface area (Å²) in [7, 11) is 1.53. The molecule has 40 heavy (non-hydrogen) atoms. The molecule has 1 amide bonds. The van der Waals surface area contributed by atoms with E-state index in [-0.39, 0.29) is 12.2 Å². The van der Waals surface area contributed by atoms with Crippen LogP contribution in [-0.4, -0.2) is 25.6 Å². The number of nitrogens with zero attached hydrogens (tertiary/aromatic N) is 1. The van der Waals surface area contributed by atoms with Gasteiger partial charge in [-0.05, 0) is 94.2 Å². The van der Waals surface area contributed by atoms with E-state index < -0.39 is 11.9 Å². The summed E-state index contributed by atoms with van der Waals surface area (Å²) in [5, 5.41) is 14.6. The predicted octanol–water partition coefficient (Wildman–Crippen LogP) is 7.22. The summed E-state index contributed by atoms with van der Waals surface area (Å²) in [4.78, 5) is 24.6. The molecule has 0 heterocycles. The topological polar surface area (TPSA) is 97.7 Å². The Morgan fingerprint density at radius 1 is 1.05 bits per heavy atom. The Labute approximate surface area is 241 Å². The summed E-state index contributed by atoms with van der Waals surface area (Å²) in [6, 6.07) is 24.0. The number of amides is 1. The van der Waals surface area contributed by atoms with Gasteiger partial charge in [-0.25, -0.2) is 4.79 Å². The van der Waals surface area contributed by atoms with Gasteiger partial charge in [0.05, 0.1) is 23.8 Å². The van der Waals surface area contributed by atoms with Gasteiger partial charge in [-0.3, -0.25) is 4.79 Å². The van der Waals surface area contributed by atoms with Crippen LogP contribution in [0.3, 0.4) is 0 Å². The number of fused-ring (bicyclic) bond motifs is 1. The lowest BCUT2D eigenvalue weighted by atomic mass is 10.0. The number of rotatable bonds is 9. The fourth-order valence-corrected chi connectivity index (χ4v) is 4.74. The van der Waals surface area contributed by atoms with Gasteiger partial charge < -0.3 is 19.5 Å². The molecule has 4 rings (SSSR count). The van der Waals surface area contributed by atoms with Gasteiger partial charge in [-0.2, -0.15) is 5.26 Å². The summed E-state index contributed by atoms with van der Waals surface area (Å²) in [5.41, 5.74) is 3.46. The molecule has 0 aliphatic rings. The highest BCUT2D eigenvalue weighted by atomic mass is 79.9. The fourth-order valence-electron chi connectivity index (χ4n) is 4.16. The third-order valence-corrected chi connectivity index (χ3v) is 6.81. The normalized spacial score (nSPS) is 11.0. The second-order valence-corrected chi connectivity index (χ2v) is 9.68. The molecule has 7 nitrogen and oxygen atoms in total. The molecule has 0 radical (unpaired) electrons. The van der Waals surface area contributed by atoms with Crippen LogP contribution >= 0.6 is 15.9 Å². The summed E-state index contributed by atoms with van der Waals surface area (Å²) in [6.07, 6.45) is 1.47. The van der Waals surface area contributed by atoms with Gasteiger partial charge in [-0.1, -0.05) is 36.4 Å². The highest BCUT2D eigenvalue weighted by molar-refractivity contribution is 9.10. The molecule has 1 N–H and O–H groups in total. The monoisotopic (exact) mass is 598 g/mol. The first-order valence-electron chi connectivity index (χ1n) is 12.5. The first-order valence-corrected chi connectivity index (χ1v) is 13.3. The van der Waals surface area contributed by atoms with Crippen molar-refractivity contribution >= 4 is 50.3 Å². The number of ether oxygens (including phenoxy) is 3. The van der Waals surface area contributed by atoms with Gasteiger partial charge in [0.1, 0.15) is 18.2 Å². The third kappa shape index (κ3) is 6.50. The van der Waals surface area contributed by atoms with Crippen LogP contribution in [-0.2, 0) is 16.1 Å². The lowest BCUT2D eigenvalue weighted by Crippen LogP contribution is -2.13. The number of halogens is 1. The van der Waals surface area contributed by atoms with Crippen LogP contribution in [0.4, 0.5) is 5.69 Å². The van der Waals surface area contributed by atoms with E-state index in [0.717, 1.165) is 21.9 Å². The molecule has 0 saturated carbocycles. The molecule has 202 valence electrons. The SMILES string of the molecule is CCOC(=O)c1ccc(NC(=O)/C(C#N)=C/c2cc(Br)c(OCc3c(C)ccc4ccccc34)c(OC)c2)cc1. The summed E-state index contributed by atoms with van der Waals surface area (Å²) in [5.74, 6) is -0.0761. The second-order valence-electron chi connectivity index (χ2n) is 8.83. The first kappa shape index (κ1) is 28.4. The van der Waals surface area contributed by atoms with Crippen molar-refractivity contribution in [2.24, 2.45) is 0 Å². The molecule has 8 heteroatoms. The van der Waals surface area contributed by atoms with Crippen molar-refractivity contribution in [3.8, 4) is 17.6 Å². The average Bonchev–Trinajstić information content (AvgIpc) is 2.96. The zero-order chi connectivity index (χ0) is 28.6. The highest BCUT2D eigenvalue weighted by Crippen LogP contribution is 2.38. The fraction of sp³-hybridized carbons (Fsp3) is 0.156. The van der Waals surface area contributed by atoms with E-state index in [9.17, 15) is 14.9 Å².